The molecule has 7 nitrogen and oxygen atoms in total. The van der Waals surface area contributed by atoms with Crippen molar-refractivity contribution in [1.29, 1.82) is 0 Å². The third-order valence-electron chi connectivity index (χ3n) is 3.74. The van der Waals surface area contributed by atoms with Gasteiger partial charge in [0.1, 0.15) is 12.7 Å². The standard InChI is InChI=1S/C17H16N2O5S/c20-17-18-15(10-12-4-2-1-3-5-12)16(24-17)11-23-25-14-8-6-13(7-9-14)19(21)22/h1-9,15-16H,10-11H2,(H,18,20)/t15-,16+/m0/s1. The Morgan fingerprint density at radius 1 is 1.16 bits per heavy atom. The van der Waals surface area contributed by atoms with Crippen LogP contribution < -0.4 is 5.32 Å². The number of non-ortho nitro benzene ring substituents is 1. The predicted octanol–water partition coefficient (Wildman–Crippen LogP) is 3.34. The molecule has 1 heterocycles. The first-order valence-electron chi connectivity index (χ1n) is 7.67. The quantitative estimate of drug-likeness (QED) is 0.463. The van der Waals surface area contributed by atoms with Crippen LogP contribution in [0, 0.1) is 10.1 Å². The molecule has 1 aliphatic heterocycles. The molecule has 0 spiro atoms. The highest BCUT2D eigenvalue weighted by Crippen LogP contribution is 2.24. The first-order chi connectivity index (χ1) is 12.1. The minimum Gasteiger partial charge on any atom is -0.442 e. The van der Waals surface area contributed by atoms with E-state index in [4.69, 9.17) is 8.92 Å². The topological polar surface area (TPSA) is 90.7 Å². The molecule has 0 radical (unpaired) electrons. The summed E-state index contributed by atoms with van der Waals surface area (Å²) in [6.07, 6.45) is -0.184. The van der Waals surface area contributed by atoms with Crippen LogP contribution >= 0.6 is 12.0 Å². The monoisotopic (exact) mass is 360 g/mol. The van der Waals surface area contributed by atoms with Crippen LogP contribution in [0.3, 0.4) is 0 Å². The van der Waals surface area contributed by atoms with Gasteiger partial charge in [0.2, 0.25) is 0 Å². The smallest absolute Gasteiger partial charge is 0.407 e. The van der Waals surface area contributed by atoms with Gasteiger partial charge in [0.25, 0.3) is 5.69 Å². The van der Waals surface area contributed by atoms with Gasteiger partial charge in [-0.05, 0) is 24.1 Å². The molecule has 25 heavy (non-hydrogen) atoms. The van der Waals surface area contributed by atoms with Crippen molar-refractivity contribution in [3.05, 3.63) is 70.3 Å². The highest BCUT2D eigenvalue weighted by Gasteiger charge is 2.34. The lowest BCUT2D eigenvalue weighted by Crippen LogP contribution is -2.35. The number of carbonyl (C=O) groups excluding carboxylic acids is 1. The molecule has 0 bridgehead atoms. The van der Waals surface area contributed by atoms with Gasteiger partial charge in [0.05, 0.1) is 11.0 Å². The van der Waals surface area contributed by atoms with Crippen molar-refractivity contribution in [3.63, 3.8) is 0 Å². The molecule has 2 atom stereocenters. The van der Waals surface area contributed by atoms with Crippen molar-refractivity contribution >= 4 is 23.8 Å². The molecule has 2 aromatic carbocycles. The second-order valence-electron chi connectivity index (χ2n) is 5.50. The van der Waals surface area contributed by atoms with Crippen LogP contribution in [0.1, 0.15) is 5.56 Å². The zero-order chi connectivity index (χ0) is 17.6. The van der Waals surface area contributed by atoms with Crippen molar-refractivity contribution in [3.8, 4) is 0 Å². The molecule has 3 rings (SSSR count). The van der Waals surface area contributed by atoms with Crippen LogP contribution in [0.4, 0.5) is 10.5 Å². The van der Waals surface area contributed by atoms with E-state index in [0.29, 0.717) is 6.42 Å². The highest BCUT2D eigenvalue weighted by molar-refractivity contribution is 7.94. The summed E-state index contributed by atoms with van der Waals surface area (Å²) in [6, 6.07) is 15.7. The van der Waals surface area contributed by atoms with Gasteiger partial charge in [-0.3, -0.25) is 10.1 Å². The summed E-state index contributed by atoms with van der Waals surface area (Å²) in [7, 11) is 0. The summed E-state index contributed by atoms with van der Waals surface area (Å²) in [5, 5.41) is 13.4. The zero-order valence-corrected chi connectivity index (χ0v) is 14.0. The van der Waals surface area contributed by atoms with E-state index in [2.05, 4.69) is 5.32 Å². The number of nitrogens with one attached hydrogen (secondary N) is 1. The zero-order valence-electron chi connectivity index (χ0n) is 13.2. The normalized spacial score (nSPS) is 19.3. The molecule has 0 aromatic heterocycles. The number of nitro groups is 1. The molecule has 1 aliphatic rings. The molecular formula is C17H16N2O5S. The van der Waals surface area contributed by atoms with Crippen LogP contribution in [0.2, 0.25) is 0 Å². The fourth-order valence-electron chi connectivity index (χ4n) is 2.49. The summed E-state index contributed by atoms with van der Waals surface area (Å²) in [4.78, 5) is 22.4. The SMILES string of the molecule is O=C1N[C@@H](Cc2ccccc2)[C@@H](COSc2ccc([N+](=O)[O-])cc2)O1. The lowest BCUT2D eigenvalue weighted by Gasteiger charge is -2.16. The van der Waals surface area contributed by atoms with E-state index in [1.54, 1.807) is 12.1 Å². The van der Waals surface area contributed by atoms with Gasteiger partial charge in [-0.2, -0.15) is 0 Å². The van der Waals surface area contributed by atoms with E-state index >= 15 is 0 Å². The Bertz CT molecular complexity index is 738. The number of ether oxygens (including phenoxy) is 1. The van der Waals surface area contributed by atoms with Crippen molar-refractivity contribution in [2.75, 3.05) is 6.61 Å². The van der Waals surface area contributed by atoms with Crippen LogP contribution in [0.25, 0.3) is 0 Å². The first-order valence-corrected chi connectivity index (χ1v) is 8.41. The Hall–Kier alpha value is -2.58. The maximum Gasteiger partial charge on any atom is 0.407 e. The van der Waals surface area contributed by atoms with E-state index < -0.39 is 17.1 Å². The number of nitrogens with zero attached hydrogens (tertiary/aromatic N) is 1. The van der Waals surface area contributed by atoms with Gasteiger partial charge in [-0.15, -0.1) is 0 Å². The molecule has 0 saturated carbocycles. The van der Waals surface area contributed by atoms with Gasteiger partial charge in [-0.1, -0.05) is 30.3 Å². The van der Waals surface area contributed by atoms with Crippen LogP contribution in [-0.4, -0.2) is 29.8 Å². The first kappa shape index (κ1) is 17.2. The molecule has 1 fully saturated rings. The fourth-order valence-corrected chi connectivity index (χ4v) is 3.08. The molecule has 0 unspecified atom stereocenters. The summed E-state index contributed by atoms with van der Waals surface area (Å²) in [5.41, 5.74) is 1.13. The maximum absolute atomic E-state index is 11.5. The molecule has 1 saturated heterocycles. The van der Waals surface area contributed by atoms with Crippen molar-refractivity contribution < 1.29 is 18.6 Å². The van der Waals surface area contributed by atoms with Gasteiger partial charge in [0.15, 0.2) is 0 Å². The molecule has 1 N–H and O–H groups in total. The number of amides is 1. The van der Waals surface area contributed by atoms with Gasteiger partial charge in [0, 0.05) is 29.1 Å². The van der Waals surface area contributed by atoms with E-state index in [1.165, 1.54) is 12.1 Å². The third kappa shape index (κ3) is 4.71. The molecule has 1 amide bonds. The van der Waals surface area contributed by atoms with E-state index in [9.17, 15) is 14.9 Å². The number of carbonyl (C=O) groups is 1. The Morgan fingerprint density at radius 3 is 2.56 bits per heavy atom. The van der Waals surface area contributed by atoms with Crippen LogP contribution in [0.15, 0.2) is 59.5 Å². The highest BCUT2D eigenvalue weighted by atomic mass is 32.2. The Balaban J connectivity index is 1.52. The molecule has 0 aliphatic carbocycles. The summed E-state index contributed by atoms with van der Waals surface area (Å²) in [5.74, 6) is 0. The van der Waals surface area contributed by atoms with Gasteiger partial charge >= 0.3 is 6.09 Å². The maximum atomic E-state index is 11.5. The van der Waals surface area contributed by atoms with Gasteiger partial charge in [-0.25, -0.2) is 4.79 Å². The second-order valence-corrected chi connectivity index (χ2v) is 6.38. The number of alkyl carbamates (subject to hydrolysis) is 1. The van der Waals surface area contributed by atoms with E-state index in [-0.39, 0.29) is 18.3 Å². The minimum atomic E-state index is -0.451. The lowest BCUT2D eigenvalue weighted by atomic mass is 10.0. The summed E-state index contributed by atoms with van der Waals surface area (Å²) < 4.78 is 10.8. The minimum absolute atomic E-state index is 0.0289. The molecular weight excluding hydrogens is 344 g/mol. The largest absolute Gasteiger partial charge is 0.442 e. The average Bonchev–Trinajstić information content (AvgIpc) is 2.95. The Morgan fingerprint density at radius 2 is 1.88 bits per heavy atom. The van der Waals surface area contributed by atoms with E-state index in [0.717, 1.165) is 22.5 Å². The Labute approximate surface area is 148 Å². The third-order valence-corrected chi connectivity index (χ3v) is 4.46. The van der Waals surface area contributed by atoms with Gasteiger partial charge < -0.3 is 14.2 Å². The number of hydrogen-bond donors (Lipinski definition) is 1. The van der Waals surface area contributed by atoms with Crippen molar-refractivity contribution in [1.82, 2.24) is 5.32 Å². The predicted molar refractivity (Wildman–Crippen MR) is 92.2 cm³/mol. The number of hydrogen-bond acceptors (Lipinski definition) is 6. The number of rotatable bonds is 7. The van der Waals surface area contributed by atoms with Crippen molar-refractivity contribution in [2.45, 2.75) is 23.5 Å². The summed E-state index contributed by atoms with van der Waals surface area (Å²) >= 11 is 1.10. The van der Waals surface area contributed by atoms with Crippen LogP contribution in [-0.2, 0) is 15.3 Å². The van der Waals surface area contributed by atoms with Crippen LogP contribution in [0.5, 0.6) is 0 Å². The molecule has 8 heteroatoms. The van der Waals surface area contributed by atoms with Crippen molar-refractivity contribution in [2.24, 2.45) is 0 Å². The lowest BCUT2D eigenvalue weighted by molar-refractivity contribution is -0.384. The number of benzene rings is 2. The number of cyclic esters (lactones) is 1. The fraction of sp³-hybridized carbons (Fsp3) is 0.235. The second kappa shape index (κ2) is 8.00. The molecule has 130 valence electrons. The Kier molecular flexibility index (Phi) is 5.52. The average molecular weight is 360 g/mol. The van der Waals surface area contributed by atoms with E-state index in [1.807, 2.05) is 30.3 Å². The number of nitro benzene ring substituents is 1. The molecule has 2 aromatic rings. The summed E-state index contributed by atoms with van der Waals surface area (Å²) in [6.45, 7) is 0.220.